The minimum atomic E-state index is -0.613. The second kappa shape index (κ2) is 5.54. The van der Waals surface area contributed by atoms with Gasteiger partial charge in [-0.15, -0.1) is 0 Å². The molecule has 2 unspecified atom stereocenters. The molecule has 1 N–H and O–H groups in total. The smallest absolute Gasteiger partial charge is 0.161 e. The number of fused-ring (bicyclic) bond motifs is 1. The molecule has 5 heteroatoms. The average Bonchev–Trinajstić information content (AvgIpc) is 2.94. The van der Waals surface area contributed by atoms with Crippen LogP contribution in [0.4, 0.5) is 0 Å². The predicted molar refractivity (Wildman–Crippen MR) is 74.0 cm³/mol. The van der Waals surface area contributed by atoms with Gasteiger partial charge in [0.2, 0.25) is 0 Å². The number of aliphatic hydroxyl groups excluding tert-OH is 1. The third-order valence-electron chi connectivity index (χ3n) is 3.42. The topological polar surface area (TPSA) is 56.5 Å². The van der Waals surface area contributed by atoms with Crippen molar-refractivity contribution in [1.29, 1.82) is 0 Å². The van der Waals surface area contributed by atoms with E-state index >= 15 is 0 Å². The van der Waals surface area contributed by atoms with Crippen LogP contribution in [0, 0.1) is 0 Å². The zero-order valence-electron chi connectivity index (χ0n) is 11.4. The lowest BCUT2D eigenvalue weighted by atomic mass is 10.1. The minimum Gasteiger partial charge on any atom is -0.486 e. The lowest BCUT2D eigenvalue weighted by molar-refractivity contribution is -0.00942. The Balaban J connectivity index is 1.65. The van der Waals surface area contributed by atoms with Crippen molar-refractivity contribution >= 4 is 0 Å². The van der Waals surface area contributed by atoms with Crippen molar-refractivity contribution in [3.05, 3.63) is 42.2 Å². The Kier molecular flexibility index (Phi) is 3.60. The Morgan fingerprint density at radius 1 is 1.40 bits per heavy atom. The van der Waals surface area contributed by atoms with Crippen LogP contribution < -0.4 is 9.47 Å². The van der Waals surface area contributed by atoms with E-state index in [0.29, 0.717) is 18.8 Å². The highest BCUT2D eigenvalue weighted by Gasteiger charge is 2.27. The summed E-state index contributed by atoms with van der Waals surface area (Å²) in [6.45, 7) is 3.22. The molecule has 2 aromatic rings. The fraction of sp³-hybridized carbons (Fsp3) is 0.400. The van der Waals surface area contributed by atoms with Crippen molar-refractivity contribution in [3.63, 3.8) is 0 Å². The standard InChI is InChI=1S/C15H18N2O3/c1-2-17-9-11(8-16-17)7-12(18)15-10-19-13-5-3-4-6-14(13)20-15/h3-6,8-9,12,15,18H,2,7,10H2,1H3. The van der Waals surface area contributed by atoms with Gasteiger partial charge in [-0.1, -0.05) is 12.1 Å². The molecule has 20 heavy (non-hydrogen) atoms. The van der Waals surface area contributed by atoms with Crippen LogP contribution in [-0.2, 0) is 13.0 Å². The summed E-state index contributed by atoms with van der Waals surface area (Å²) < 4.78 is 13.3. The van der Waals surface area contributed by atoms with Crippen molar-refractivity contribution in [1.82, 2.24) is 9.78 Å². The van der Waals surface area contributed by atoms with Gasteiger partial charge in [-0.2, -0.15) is 5.10 Å². The first-order valence-electron chi connectivity index (χ1n) is 6.84. The molecule has 0 saturated heterocycles. The molecule has 0 amide bonds. The normalized spacial score (nSPS) is 18.8. The summed E-state index contributed by atoms with van der Waals surface area (Å²) in [5.74, 6) is 1.42. The number of hydrogen-bond acceptors (Lipinski definition) is 4. The lowest BCUT2D eigenvalue weighted by Gasteiger charge is -2.29. The number of nitrogens with zero attached hydrogens (tertiary/aromatic N) is 2. The second-order valence-corrected chi connectivity index (χ2v) is 4.89. The molecular formula is C15H18N2O3. The number of ether oxygens (including phenoxy) is 2. The summed E-state index contributed by atoms with van der Waals surface area (Å²) in [7, 11) is 0. The molecule has 0 fully saturated rings. The lowest BCUT2D eigenvalue weighted by Crippen LogP contribution is -2.40. The number of para-hydroxylation sites is 2. The molecule has 2 atom stereocenters. The maximum absolute atomic E-state index is 10.3. The van der Waals surface area contributed by atoms with Gasteiger partial charge in [-0.25, -0.2) is 0 Å². The molecular weight excluding hydrogens is 256 g/mol. The summed E-state index contributed by atoms with van der Waals surface area (Å²) in [5.41, 5.74) is 1.00. The SMILES string of the molecule is CCn1cc(CC(O)C2COc3ccccc3O2)cn1. The van der Waals surface area contributed by atoms with Gasteiger partial charge < -0.3 is 14.6 Å². The number of aliphatic hydroxyl groups is 1. The third kappa shape index (κ3) is 2.63. The fourth-order valence-electron chi connectivity index (χ4n) is 2.28. The Morgan fingerprint density at radius 3 is 2.95 bits per heavy atom. The van der Waals surface area contributed by atoms with Gasteiger partial charge in [0.15, 0.2) is 17.6 Å². The Hall–Kier alpha value is -2.01. The first-order chi connectivity index (χ1) is 9.76. The van der Waals surface area contributed by atoms with E-state index in [-0.39, 0.29) is 6.10 Å². The molecule has 5 nitrogen and oxygen atoms in total. The van der Waals surface area contributed by atoms with Crippen molar-refractivity contribution in [3.8, 4) is 11.5 Å². The number of aryl methyl sites for hydroxylation is 1. The number of aromatic nitrogens is 2. The van der Waals surface area contributed by atoms with Crippen LogP contribution in [0.2, 0.25) is 0 Å². The van der Waals surface area contributed by atoms with Gasteiger partial charge in [0, 0.05) is 19.2 Å². The summed E-state index contributed by atoms with van der Waals surface area (Å²) in [4.78, 5) is 0. The predicted octanol–water partition coefficient (Wildman–Crippen LogP) is 1.65. The quantitative estimate of drug-likeness (QED) is 0.921. The molecule has 1 aliphatic rings. The van der Waals surface area contributed by atoms with Gasteiger partial charge in [0.25, 0.3) is 0 Å². The first kappa shape index (κ1) is 13.0. The van der Waals surface area contributed by atoms with Crippen molar-refractivity contribution in [2.24, 2.45) is 0 Å². The maximum Gasteiger partial charge on any atom is 0.161 e. The fourth-order valence-corrected chi connectivity index (χ4v) is 2.28. The molecule has 1 aromatic carbocycles. The average molecular weight is 274 g/mol. The Morgan fingerprint density at radius 2 is 2.20 bits per heavy atom. The molecule has 0 saturated carbocycles. The highest BCUT2D eigenvalue weighted by molar-refractivity contribution is 5.40. The summed E-state index contributed by atoms with van der Waals surface area (Å²) in [6.07, 6.45) is 3.27. The van der Waals surface area contributed by atoms with Gasteiger partial charge in [-0.05, 0) is 24.6 Å². The molecule has 1 aliphatic heterocycles. The zero-order chi connectivity index (χ0) is 13.9. The van der Waals surface area contributed by atoms with Crippen molar-refractivity contribution < 1.29 is 14.6 Å². The van der Waals surface area contributed by atoms with E-state index in [9.17, 15) is 5.11 Å². The summed E-state index contributed by atoms with van der Waals surface area (Å²) in [5, 5.41) is 14.5. The van der Waals surface area contributed by atoms with Crippen LogP contribution >= 0.6 is 0 Å². The van der Waals surface area contributed by atoms with Crippen LogP contribution in [-0.4, -0.2) is 33.7 Å². The van der Waals surface area contributed by atoms with Crippen molar-refractivity contribution in [2.75, 3.05) is 6.61 Å². The van der Waals surface area contributed by atoms with Gasteiger partial charge >= 0.3 is 0 Å². The van der Waals surface area contributed by atoms with Crippen LogP contribution in [0.15, 0.2) is 36.7 Å². The van der Waals surface area contributed by atoms with E-state index in [2.05, 4.69) is 5.10 Å². The molecule has 1 aromatic heterocycles. The van der Waals surface area contributed by atoms with Crippen LogP contribution in [0.25, 0.3) is 0 Å². The molecule has 0 spiro atoms. The highest BCUT2D eigenvalue weighted by Crippen LogP contribution is 2.31. The number of benzene rings is 1. The van der Waals surface area contributed by atoms with Crippen LogP contribution in [0.1, 0.15) is 12.5 Å². The van der Waals surface area contributed by atoms with Gasteiger partial charge in [-0.3, -0.25) is 4.68 Å². The van der Waals surface area contributed by atoms with E-state index in [1.54, 1.807) is 6.20 Å². The van der Waals surface area contributed by atoms with Crippen LogP contribution in [0.5, 0.6) is 11.5 Å². The van der Waals surface area contributed by atoms with E-state index < -0.39 is 6.10 Å². The minimum absolute atomic E-state index is 0.352. The first-order valence-corrected chi connectivity index (χ1v) is 6.84. The molecule has 0 bridgehead atoms. The molecule has 3 rings (SSSR count). The van der Waals surface area contributed by atoms with Crippen LogP contribution in [0.3, 0.4) is 0 Å². The number of hydrogen-bond donors (Lipinski definition) is 1. The monoisotopic (exact) mass is 274 g/mol. The van der Waals surface area contributed by atoms with Crippen molar-refractivity contribution in [2.45, 2.75) is 32.1 Å². The summed E-state index contributed by atoms with van der Waals surface area (Å²) in [6, 6.07) is 7.51. The highest BCUT2D eigenvalue weighted by atomic mass is 16.6. The second-order valence-electron chi connectivity index (χ2n) is 4.89. The molecule has 2 heterocycles. The van der Waals surface area contributed by atoms with E-state index in [0.717, 1.165) is 17.9 Å². The Bertz CT molecular complexity index is 582. The van der Waals surface area contributed by atoms with Gasteiger partial charge in [0.1, 0.15) is 6.61 Å². The van der Waals surface area contributed by atoms with E-state index in [1.807, 2.05) is 42.1 Å². The molecule has 0 radical (unpaired) electrons. The van der Waals surface area contributed by atoms with E-state index in [1.165, 1.54) is 0 Å². The molecule has 0 aliphatic carbocycles. The maximum atomic E-state index is 10.3. The summed E-state index contributed by atoms with van der Waals surface area (Å²) >= 11 is 0. The number of rotatable bonds is 4. The van der Waals surface area contributed by atoms with Gasteiger partial charge in [0.05, 0.1) is 12.3 Å². The zero-order valence-corrected chi connectivity index (χ0v) is 11.4. The molecule has 106 valence electrons. The largest absolute Gasteiger partial charge is 0.486 e. The third-order valence-corrected chi connectivity index (χ3v) is 3.42. The van der Waals surface area contributed by atoms with E-state index in [4.69, 9.17) is 9.47 Å². The Labute approximate surface area is 117 Å².